The first-order chi connectivity index (χ1) is 8.06. The van der Waals surface area contributed by atoms with Gasteiger partial charge in [0.15, 0.2) is 0 Å². The molecule has 1 aliphatic rings. The summed E-state index contributed by atoms with van der Waals surface area (Å²) in [6.45, 7) is 0.733. The van der Waals surface area contributed by atoms with E-state index in [4.69, 9.17) is 21.8 Å². The summed E-state index contributed by atoms with van der Waals surface area (Å²) >= 11 is 5.71. The average molecular weight is 257 g/mol. The summed E-state index contributed by atoms with van der Waals surface area (Å²) in [5.41, 5.74) is -0.0250. The van der Waals surface area contributed by atoms with Crippen molar-refractivity contribution in [2.45, 2.75) is 12.8 Å². The van der Waals surface area contributed by atoms with Gasteiger partial charge in [-0.25, -0.2) is 9.78 Å². The van der Waals surface area contributed by atoms with Gasteiger partial charge in [-0.2, -0.15) is 0 Å². The summed E-state index contributed by atoms with van der Waals surface area (Å²) in [6.07, 6.45) is 3.28. The van der Waals surface area contributed by atoms with Crippen molar-refractivity contribution >= 4 is 23.4 Å². The Morgan fingerprint density at radius 3 is 2.82 bits per heavy atom. The van der Waals surface area contributed by atoms with Gasteiger partial charge in [0.05, 0.1) is 17.2 Å². The van der Waals surface area contributed by atoms with Crippen LogP contribution in [0.3, 0.4) is 0 Å². The molecule has 1 aliphatic carbocycles. The van der Waals surface area contributed by atoms with Crippen molar-refractivity contribution in [3.8, 4) is 0 Å². The number of aliphatic hydroxyl groups is 1. The molecule has 1 aromatic rings. The van der Waals surface area contributed by atoms with Crippen molar-refractivity contribution in [2.75, 3.05) is 18.5 Å². The number of hydrogen-bond acceptors (Lipinski definition) is 4. The number of carboxylic acids is 1. The number of hydrogen-bond donors (Lipinski definition) is 3. The number of carboxylic acid groups (broad SMARTS) is 1. The maximum atomic E-state index is 10.9. The van der Waals surface area contributed by atoms with Gasteiger partial charge in [0.25, 0.3) is 0 Å². The summed E-state index contributed by atoms with van der Waals surface area (Å²) in [5.74, 6) is -0.615. The largest absolute Gasteiger partial charge is 0.478 e. The van der Waals surface area contributed by atoms with Gasteiger partial charge in [0.1, 0.15) is 5.82 Å². The summed E-state index contributed by atoms with van der Waals surface area (Å²) < 4.78 is 0. The van der Waals surface area contributed by atoms with E-state index in [0.717, 1.165) is 12.8 Å². The Bertz CT molecular complexity index is 446. The fourth-order valence-electron chi connectivity index (χ4n) is 1.54. The number of aromatic carboxylic acids is 1. The molecule has 1 aromatic heterocycles. The van der Waals surface area contributed by atoms with Gasteiger partial charge in [-0.3, -0.25) is 0 Å². The van der Waals surface area contributed by atoms with Crippen LogP contribution in [-0.4, -0.2) is 34.3 Å². The average Bonchev–Trinajstić information content (AvgIpc) is 3.08. The quantitative estimate of drug-likeness (QED) is 0.746. The number of aromatic nitrogens is 1. The van der Waals surface area contributed by atoms with Crippen LogP contribution < -0.4 is 5.32 Å². The number of rotatable bonds is 5. The predicted octanol–water partition coefficient (Wildman–Crippen LogP) is 1.62. The van der Waals surface area contributed by atoms with Gasteiger partial charge in [0.2, 0.25) is 0 Å². The van der Waals surface area contributed by atoms with Crippen molar-refractivity contribution in [3.63, 3.8) is 0 Å². The van der Waals surface area contributed by atoms with Gasteiger partial charge in [-0.15, -0.1) is 0 Å². The minimum absolute atomic E-state index is 0.0259. The fraction of sp³-hybridized carbons (Fsp3) is 0.455. The molecule has 0 saturated heterocycles. The number of halogens is 1. The Morgan fingerprint density at radius 2 is 2.29 bits per heavy atom. The fourth-order valence-corrected chi connectivity index (χ4v) is 1.73. The summed E-state index contributed by atoms with van der Waals surface area (Å²) in [5, 5.41) is 21.2. The van der Waals surface area contributed by atoms with E-state index in [1.807, 2.05) is 0 Å². The van der Waals surface area contributed by atoms with Crippen LogP contribution in [0.25, 0.3) is 0 Å². The number of anilines is 1. The molecule has 0 atom stereocenters. The van der Waals surface area contributed by atoms with Crippen LogP contribution in [0.2, 0.25) is 5.02 Å². The van der Waals surface area contributed by atoms with E-state index in [0.29, 0.717) is 12.4 Å². The molecule has 92 valence electrons. The van der Waals surface area contributed by atoms with Crippen LogP contribution in [0.1, 0.15) is 23.2 Å². The molecule has 0 unspecified atom stereocenters. The van der Waals surface area contributed by atoms with Crippen molar-refractivity contribution < 1.29 is 15.0 Å². The lowest BCUT2D eigenvalue weighted by Crippen LogP contribution is -2.19. The second kappa shape index (κ2) is 4.50. The van der Waals surface area contributed by atoms with Crippen LogP contribution in [0, 0.1) is 5.41 Å². The number of carbonyl (C=O) groups is 1. The van der Waals surface area contributed by atoms with Gasteiger partial charge in [0, 0.05) is 18.2 Å². The van der Waals surface area contributed by atoms with Crippen LogP contribution >= 0.6 is 11.6 Å². The highest BCUT2D eigenvalue weighted by molar-refractivity contribution is 6.33. The Labute approximate surface area is 103 Å². The molecular weight excluding hydrogens is 244 g/mol. The monoisotopic (exact) mass is 256 g/mol. The molecule has 0 aliphatic heterocycles. The van der Waals surface area contributed by atoms with Crippen LogP contribution in [-0.2, 0) is 0 Å². The first-order valence-corrected chi connectivity index (χ1v) is 5.68. The minimum Gasteiger partial charge on any atom is -0.478 e. The normalized spacial score (nSPS) is 16.6. The van der Waals surface area contributed by atoms with E-state index in [1.54, 1.807) is 0 Å². The molecule has 1 saturated carbocycles. The summed E-state index contributed by atoms with van der Waals surface area (Å²) in [4.78, 5) is 14.9. The second-order valence-corrected chi connectivity index (χ2v) is 4.77. The lowest BCUT2D eigenvalue weighted by Gasteiger charge is -2.13. The standard InChI is InChI=1S/C11H13ClN2O3/c12-8-4-13-9(3-7(8)10(16)17)14-5-11(6-15)1-2-11/h3-4,15H,1-2,5-6H2,(H,13,14)(H,16,17). The highest BCUT2D eigenvalue weighted by Crippen LogP contribution is 2.44. The molecule has 6 heteroatoms. The molecule has 0 radical (unpaired) electrons. The number of pyridine rings is 1. The number of nitrogens with zero attached hydrogens (tertiary/aromatic N) is 1. The van der Waals surface area contributed by atoms with Gasteiger partial charge in [-0.05, 0) is 18.9 Å². The van der Waals surface area contributed by atoms with Crippen molar-refractivity contribution in [2.24, 2.45) is 5.41 Å². The van der Waals surface area contributed by atoms with Crippen molar-refractivity contribution in [3.05, 3.63) is 22.8 Å². The van der Waals surface area contributed by atoms with Crippen molar-refractivity contribution in [1.82, 2.24) is 4.98 Å². The predicted molar refractivity (Wildman–Crippen MR) is 63.4 cm³/mol. The Balaban J connectivity index is 2.06. The molecule has 1 fully saturated rings. The smallest absolute Gasteiger partial charge is 0.337 e. The van der Waals surface area contributed by atoms with E-state index in [-0.39, 0.29) is 22.6 Å². The van der Waals surface area contributed by atoms with Crippen LogP contribution in [0.15, 0.2) is 12.3 Å². The zero-order valence-corrected chi connectivity index (χ0v) is 9.87. The lowest BCUT2D eigenvalue weighted by atomic mass is 10.1. The molecule has 0 spiro atoms. The molecule has 2 rings (SSSR count). The minimum atomic E-state index is -1.08. The Hall–Kier alpha value is -1.33. The van der Waals surface area contributed by atoms with Crippen LogP contribution in [0.5, 0.6) is 0 Å². The molecule has 0 aromatic carbocycles. The molecule has 5 nitrogen and oxygen atoms in total. The first kappa shape index (κ1) is 12.1. The van der Waals surface area contributed by atoms with E-state index >= 15 is 0 Å². The molecular formula is C11H13ClN2O3. The van der Waals surface area contributed by atoms with Gasteiger partial charge >= 0.3 is 5.97 Å². The molecule has 3 N–H and O–H groups in total. The highest BCUT2D eigenvalue weighted by Gasteiger charge is 2.41. The molecule has 1 heterocycles. The zero-order valence-electron chi connectivity index (χ0n) is 9.11. The molecule has 17 heavy (non-hydrogen) atoms. The highest BCUT2D eigenvalue weighted by atomic mass is 35.5. The third-order valence-corrected chi connectivity index (χ3v) is 3.32. The van der Waals surface area contributed by atoms with E-state index in [2.05, 4.69) is 10.3 Å². The van der Waals surface area contributed by atoms with Gasteiger partial charge in [-0.1, -0.05) is 11.6 Å². The first-order valence-electron chi connectivity index (χ1n) is 5.30. The van der Waals surface area contributed by atoms with E-state index in [1.165, 1.54) is 12.3 Å². The zero-order chi connectivity index (χ0) is 12.5. The number of aliphatic hydroxyl groups excluding tert-OH is 1. The SMILES string of the molecule is O=C(O)c1cc(NCC2(CO)CC2)ncc1Cl. The molecule has 0 amide bonds. The Kier molecular flexibility index (Phi) is 3.22. The second-order valence-electron chi connectivity index (χ2n) is 4.37. The molecule has 0 bridgehead atoms. The maximum absolute atomic E-state index is 10.9. The van der Waals surface area contributed by atoms with Crippen molar-refractivity contribution in [1.29, 1.82) is 0 Å². The van der Waals surface area contributed by atoms with Gasteiger partial charge < -0.3 is 15.5 Å². The van der Waals surface area contributed by atoms with Crippen LogP contribution in [0.4, 0.5) is 5.82 Å². The Morgan fingerprint density at radius 1 is 1.59 bits per heavy atom. The summed E-state index contributed by atoms with van der Waals surface area (Å²) in [6, 6.07) is 1.40. The third kappa shape index (κ3) is 2.68. The van der Waals surface area contributed by atoms with E-state index < -0.39 is 5.97 Å². The van der Waals surface area contributed by atoms with E-state index in [9.17, 15) is 4.79 Å². The number of nitrogens with one attached hydrogen (secondary N) is 1. The topological polar surface area (TPSA) is 82.5 Å². The lowest BCUT2D eigenvalue weighted by molar-refractivity contribution is 0.0697. The maximum Gasteiger partial charge on any atom is 0.337 e. The third-order valence-electron chi connectivity index (χ3n) is 3.02. The summed E-state index contributed by atoms with van der Waals surface area (Å²) in [7, 11) is 0.